The van der Waals surface area contributed by atoms with Gasteiger partial charge in [-0.1, -0.05) is 0 Å². The average Bonchev–Trinajstić information content (AvgIpc) is 3.45. The van der Waals surface area contributed by atoms with Gasteiger partial charge in [0.2, 0.25) is 5.91 Å². The second kappa shape index (κ2) is 8.44. The third-order valence-corrected chi connectivity index (χ3v) is 6.62. The molecule has 0 radical (unpaired) electrons. The van der Waals surface area contributed by atoms with Crippen LogP contribution in [0.4, 0.5) is 0 Å². The van der Waals surface area contributed by atoms with Crippen molar-refractivity contribution in [2.24, 2.45) is 0 Å². The lowest BCUT2D eigenvalue weighted by Gasteiger charge is -2.30. The van der Waals surface area contributed by atoms with Gasteiger partial charge in [-0.25, -0.2) is 15.0 Å². The lowest BCUT2D eigenvalue weighted by atomic mass is 10.1. The fourth-order valence-corrected chi connectivity index (χ4v) is 4.98. The van der Waals surface area contributed by atoms with Crippen LogP contribution in [0.15, 0.2) is 24.9 Å². The molecule has 1 saturated heterocycles. The summed E-state index contributed by atoms with van der Waals surface area (Å²) in [5, 5.41) is 1.32. The van der Waals surface area contributed by atoms with Gasteiger partial charge in [0, 0.05) is 67.5 Å². The van der Waals surface area contributed by atoms with Gasteiger partial charge in [-0.05, 0) is 38.6 Å². The summed E-state index contributed by atoms with van der Waals surface area (Å²) < 4.78 is 0. The fourth-order valence-electron chi connectivity index (χ4n) is 3.85. The summed E-state index contributed by atoms with van der Waals surface area (Å²) in [5.41, 5.74) is 0.992. The number of hydrogen-bond acceptors (Lipinski definition) is 6. The van der Waals surface area contributed by atoms with Crippen molar-refractivity contribution in [1.29, 1.82) is 0 Å². The Bertz CT molecular complexity index is 761. The Morgan fingerprint density at radius 2 is 2.00 bits per heavy atom. The van der Waals surface area contributed by atoms with E-state index in [0.29, 0.717) is 6.54 Å². The van der Waals surface area contributed by atoms with E-state index >= 15 is 0 Å². The molecule has 1 amide bonds. The Kier molecular flexibility index (Phi) is 5.78. The maximum absolute atomic E-state index is 12.3. The molecule has 0 N–H and O–H groups in total. The second-order valence-corrected chi connectivity index (χ2v) is 8.84. The minimum Gasteiger partial charge on any atom is -0.335 e. The van der Waals surface area contributed by atoms with E-state index in [2.05, 4.69) is 26.0 Å². The lowest BCUT2D eigenvalue weighted by molar-refractivity contribution is -0.132. The van der Waals surface area contributed by atoms with Gasteiger partial charge in [-0.3, -0.25) is 9.69 Å². The standard InChI is InChI=1S/C20H27N5OS/c1-15(26)25(12-16-9-21-14-22-10-16)18-3-2-7-24(8-6-18)13-19-11-23-20(27-19)17-4-5-17/h9-11,14,17-18H,2-8,12-13H2,1H3/t18-/m0/s1. The number of likely N-dealkylation sites (tertiary alicyclic amines) is 1. The highest BCUT2D eigenvalue weighted by Crippen LogP contribution is 2.41. The molecule has 2 aliphatic rings. The molecule has 2 aromatic rings. The zero-order valence-corrected chi connectivity index (χ0v) is 16.7. The normalized spacial score (nSPS) is 21.0. The Morgan fingerprint density at radius 3 is 2.74 bits per heavy atom. The minimum absolute atomic E-state index is 0.133. The van der Waals surface area contributed by atoms with Crippen molar-refractivity contribution in [3.8, 4) is 0 Å². The van der Waals surface area contributed by atoms with Gasteiger partial charge in [-0.2, -0.15) is 0 Å². The van der Waals surface area contributed by atoms with Crippen LogP contribution < -0.4 is 0 Å². The first-order valence-corrected chi connectivity index (χ1v) is 10.7. The summed E-state index contributed by atoms with van der Waals surface area (Å²) in [4.78, 5) is 30.9. The van der Waals surface area contributed by atoms with E-state index in [1.807, 2.05) is 16.2 Å². The van der Waals surface area contributed by atoms with Gasteiger partial charge in [0.05, 0.1) is 5.01 Å². The molecule has 0 spiro atoms. The molecule has 4 rings (SSSR count). The maximum atomic E-state index is 12.3. The Morgan fingerprint density at radius 1 is 1.19 bits per heavy atom. The molecule has 2 aromatic heterocycles. The van der Waals surface area contributed by atoms with Crippen molar-refractivity contribution in [1.82, 2.24) is 24.8 Å². The number of carbonyl (C=O) groups excluding carboxylic acids is 1. The van der Waals surface area contributed by atoms with Crippen LogP contribution in [0.2, 0.25) is 0 Å². The summed E-state index contributed by atoms with van der Waals surface area (Å²) in [5.74, 6) is 0.872. The third-order valence-electron chi connectivity index (χ3n) is 5.48. The van der Waals surface area contributed by atoms with E-state index in [1.165, 1.54) is 29.1 Å². The number of nitrogens with zero attached hydrogens (tertiary/aromatic N) is 5. The Labute approximate surface area is 164 Å². The predicted octanol–water partition coefficient (Wildman–Crippen LogP) is 3.21. The smallest absolute Gasteiger partial charge is 0.219 e. The number of aromatic nitrogens is 3. The molecule has 0 bridgehead atoms. The molecule has 0 unspecified atom stereocenters. The van der Waals surface area contributed by atoms with Crippen LogP contribution in [0, 0.1) is 0 Å². The molecule has 1 aliphatic heterocycles. The van der Waals surface area contributed by atoms with Crippen LogP contribution in [0.25, 0.3) is 0 Å². The van der Waals surface area contributed by atoms with Crippen molar-refractivity contribution in [3.63, 3.8) is 0 Å². The molecule has 0 aromatic carbocycles. The molecule has 1 saturated carbocycles. The van der Waals surface area contributed by atoms with Crippen LogP contribution in [-0.4, -0.2) is 49.8 Å². The van der Waals surface area contributed by atoms with Crippen LogP contribution in [0.5, 0.6) is 0 Å². The number of thiazole rings is 1. The van der Waals surface area contributed by atoms with Crippen LogP contribution in [-0.2, 0) is 17.9 Å². The van der Waals surface area contributed by atoms with Crippen LogP contribution >= 0.6 is 11.3 Å². The van der Waals surface area contributed by atoms with Gasteiger partial charge >= 0.3 is 0 Å². The molecule has 3 heterocycles. The van der Waals surface area contributed by atoms with Crippen LogP contribution in [0.3, 0.4) is 0 Å². The van der Waals surface area contributed by atoms with Crippen molar-refractivity contribution in [3.05, 3.63) is 40.4 Å². The molecule has 1 atom stereocenters. The van der Waals surface area contributed by atoms with Gasteiger partial charge in [0.1, 0.15) is 6.33 Å². The second-order valence-electron chi connectivity index (χ2n) is 7.69. The first kappa shape index (κ1) is 18.5. The summed E-state index contributed by atoms with van der Waals surface area (Å²) >= 11 is 1.89. The van der Waals surface area contributed by atoms with Crippen molar-refractivity contribution in [2.45, 2.75) is 64.1 Å². The third kappa shape index (κ3) is 4.90. The van der Waals surface area contributed by atoms with E-state index in [9.17, 15) is 4.79 Å². The topological polar surface area (TPSA) is 62.2 Å². The number of amides is 1. The molecular formula is C20H27N5OS. The Hall–Kier alpha value is -1.86. The number of rotatable bonds is 6. The van der Waals surface area contributed by atoms with E-state index in [1.54, 1.807) is 19.3 Å². The molecule has 6 nitrogen and oxygen atoms in total. The first-order chi connectivity index (χ1) is 13.2. The Balaban J connectivity index is 1.35. The maximum Gasteiger partial charge on any atom is 0.219 e. The summed E-state index contributed by atoms with van der Waals surface area (Å²) in [6.45, 7) is 5.37. The summed E-state index contributed by atoms with van der Waals surface area (Å²) in [6.07, 6.45) is 13.0. The highest BCUT2D eigenvalue weighted by atomic mass is 32.1. The van der Waals surface area contributed by atoms with Crippen molar-refractivity contribution in [2.75, 3.05) is 13.1 Å². The van der Waals surface area contributed by atoms with Gasteiger partial charge in [0.25, 0.3) is 0 Å². The van der Waals surface area contributed by atoms with Crippen LogP contribution in [0.1, 0.15) is 60.4 Å². The van der Waals surface area contributed by atoms with E-state index in [-0.39, 0.29) is 11.9 Å². The van der Waals surface area contributed by atoms with Crippen molar-refractivity contribution >= 4 is 17.2 Å². The van der Waals surface area contributed by atoms with E-state index in [0.717, 1.165) is 50.4 Å². The highest BCUT2D eigenvalue weighted by molar-refractivity contribution is 7.11. The quantitative estimate of drug-likeness (QED) is 0.764. The average molecular weight is 386 g/mol. The number of carbonyl (C=O) groups is 1. The minimum atomic E-state index is 0.133. The van der Waals surface area contributed by atoms with Gasteiger partial charge in [0.15, 0.2) is 0 Å². The van der Waals surface area contributed by atoms with E-state index in [4.69, 9.17) is 0 Å². The highest BCUT2D eigenvalue weighted by Gasteiger charge is 2.28. The van der Waals surface area contributed by atoms with Crippen molar-refractivity contribution < 1.29 is 4.79 Å². The fraction of sp³-hybridized carbons (Fsp3) is 0.600. The zero-order valence-electron chi connectivity index (χ0n) is 15.9. The summed E-state index contributed by atoms with van der Waals surface area (Å²) in [7, 11) is 0. The number of hydrogen-bond donors (Lipinski definition) is 0. The first-order valence-electron chi connectivity index (χ1n) is 9.87. The summed E-state index contributed by atoms with van der Waals surface area (Å²) in [6, 6.07) is 0.288. The van der Waals surface area contributed by atoms with E-state index < -0.39 is 0 Å². The lowest BCUT2D eigenvalue weighted by Crippen LogP contribution is -2.39. The molecule has 1 aliphatic carbocycles. The zero-order chi connectivity index (χ0) is 18.6. The van der Waals surface area contributed by atoms with Gasteiger partial charge < -0.3 is 4.90 Å². The van der Waals surface area contributed by atoms with Gasteiger partial charge in [-0.15, -0.1) is 11.3 Å². The molecular weight excluding hydrogens is 358 g/mol. The molecule has 144 valence electrons. The monoisotopic (exact) mass is 385 g/mol. The largest absolute Gasteiger partial charge is 0.335 e. The molecule has 7 heteroatoms. The molecule has 27 heavy (non-hydrogen) atoms. The SMILES string of the molecule is CC(=O)N(Cc1cncnc1)[C@H]1CCCN(Cc2cnc(C3CC3)s2)CC1. The molecule has 2 fully saturated rings. The predicted molar refractivity (Wildman–Crippen MR) is 105 cm³/mol.